The van der Waals surface area contributed by atoms with Gasteiger partial charge in [0.05, 0.1) is 19.8 Å². The Balaban J connectivity index is 1.52. The van der Waals surface area contributed by atoms with Crippen molar-refractivity contribution in [3.05, 3.63) is 71.8 Å². The van der Waals surface area contributed by atoms with Crippen LogP contribution in [0.3, 0.4) is 0 Å². The minimum absolute atomic E-state index is 0.00103. The van der Waals surface area contributed by atoms with E-state index in [9.17, 15) is 9.90 Å². The molecule has 0 aromatic heterocycles. The van der Waals surface area contributed by atoms with Crippen molar-refractivity contribution in [2.45, 2.75) is 24.5 Å². The zero-order valence-electron chi connectivity index (χ0n) is 16.0. The minimum Gasteiger partial charge on any atom is -0.380 e. The normalized spacial score (nSPS) is 21.5. The molecule has 2 aromatic rings. The van der Waals surface area contributed by atoms with E-state index in [2.05, 4.69) is 0 Å². The molecule has 0 bridgehead atoms. The van der Waals surface area contributed by atoms with Gasteiger partial charge in [0, 0.05) is 13.1 Å². The van der Waals surface area contributed by atoms with Gasteiger partial charge in [-0.2, -0.15) is 0 Å². The van der Waals surface area contributed by atoms with Gasteiger partial charge in [-0.25, -0.2) is 0 Å². The Kier molecular flexibility index (Phi) is 5.76. The molecule has 2 saturated heterocycles. The molecule has 2 aromatic carbocycles. The van der Waals surface area contributed by atoms with E-state index in [1.54, 1.807) is 0 Å². The van der Waals surface area contributed by atoms with E-state index in [0.29, 0.717) is 32.9 Å². The zero-order valence-corrected chi connectivity index (χ0v) is 16.0. The first kappa shape index (κ1) is 19.1. The number of amides is 1. The quantitative estimate of drug-likeness (QED) is 0.884. The number of hydrogen-bond donors (Lipinski definition) is 1. The van der Waals surface area contributed by atoms with Gasteiger partial charge >= 0.3 is 0 Å². The molecule has 2 aliphatic rings. The number of ether oxygens (including phenoxy) is 2. The third-order valence-corrected chi connectivity index (χ3v) is 5.92. The van der Waals surface area contributed by atoms with Crippen LogP contribution in [-0.2, 0) is 19.9 Å². The average molecular weight is 381 g/mol. The van der Waals surface area contributed by atoms with Crippen LogP contribution in [-0.4, -0.2) is 54.9 Å². The topological polar surface area (TPSA) is 59.0 Å². The maximum absolute atomic E-state index is 12.7. The van der Waals surface area contributed by atoms with Crippen LogP contribution in [0, 0.1) is 5.92 Å². The summed E-state index contributed by atoms with van der Waals surface area (Å²) in [6.07, 6.45) is 0.978. The maximum atomic E-state index is 12.7. The second-order valence-corrected chi connectivity index (χ2v) is 7.53. The van der Waals surface area contributed by atoms with Gasteiger partial charge in [0.1, 0.15) is 5.60 Å². The van der Waals surface area contributed by atoms with Gasteiger partial charge in [0.25, 0.3) is 5.91 Å². The number of benzene rings is 2. The number of aliphatic hydroxyl groups is 1. The Hall–Kier alpha value is -2.21. The van der Waals surface area contributed by atoms with Gasteiger partial charge < -0.3 is 19.5 Å². The van der Waals surface area contributed by atoms with Crippen molar-refractivity contribution in [3.8, 4) is 0 Å². The first-order valence-corrected chi connectivity index (χ1v) is 10.0. The van der Waals surface area contributed by atoms with Crippen molar-refractivity contribution in [2.75, 3.05) is 32.9 Å². The maximum Gasteiger partial charge on any atom is 0.254 e. The smallest absolute Gasteiger partial charge is 0.254 e. The third kappa shape index (κ3) is 3.70. The Morgan fingerprint density at radius 2 is 1.50 bits per heavy atom. The summed E-state index contributed by atoms with van der Waals surface area (Å²) in [7, 11) is 0. The number of carbonyl (C=O) groups excluding carboxylic acids is 1. The third-order valence-electron chi connectivity index (χ3n) is 5.92. The first-order valence-electron chi connectivity index (χ1n) is 10.0. The van der Waals surface area contributed by atoms with Crippen LogP contribution in [0.2, 0.25) is 0 Å². The van der Waals surface area contributed by atoms with Crippen molar-refractivity contribution < 1.29 is 19.4 Å². The van der Waals surface area contributed by atoms with Gasteiger partial charge in [-0.1, -0.05) is 60.7 Å². The zero-order chi connectivity index (χ0) is 19.4. The summed E-state index contributed by atoms with van der Waals surface area (Å²) in [6.45, 7) is 2.58. The molecule has 0 saturated carbocycles. The van der Waals surface area contributed by atoms with Crippen LogP contribution in [0.4, 0.5) is 0 Å². The Bertz CT molecular complexity index is 726. The SMILES string of the molecule is O=C([C@H]1COCCO1)N1CCC(C(O)(c2ccccc2)c2ccccc2)CC1. The molecule has 5 nitrogen and oxygen atoms in total. The van der Waals surface area contributed by atoms with Crippen molar-refractivity contribution in [2.24, 2.45) is 5.92 Å². The fourth-order valence-electron chi connectivity index (χ4n) is 4.37. The standard InChI is InChI=1S/C23H27NO4/c25-22(21-17-27-15-16-28-21)24-13-11-20(12-14-24)23(26,18-7-3-1-4-8-18)19-9-5-2-6-10-19/h1-10,20-21,26H,11-17H2/t21-/m1/s1. The molecule has 28 heavy (non-hydrogen) atoms. The largest absolute Gasteiger partial charge is 0.380 e. The van der Waals surface area contributed by atoms with Crippen LogP contribution in [0.15, 0.2) is 60.7 Å². The Morgan fingerprint density at radius 3 is 2.00 bits per heavy atom. The van der Waals surface area contributed by atoms with Crippen LogP contribution in [0.25, 0.3) is 0 Å². The number of hydrogen-bond acceptors (Lipinski definition) is 4. The van der Waals surface area contributed by atoms with Gasteiger partial charge in [0.15, 0.2) is 6.10 Å². The second-order valence-electron chi connectivity index (χ2n) is 7.53. The van der Waals surface area contributed by atoms with Gasteiger partial charge in [-0.3, -0.25) is 4.79 Å². The summed E-state index contributed by atoms with van der Waals surface area (Å²) < 4.78 is 10.9. The number of nitrogens with zero attached hydrogens (tertiary/aromatic N) is 1. The van der Waals surface area contributed by atoms with Crippen LogP contribution >= 0.6 is 0 Å². The Morgan fingerprint density at radius 1 is 0.929 bits per heavy atom. The van der Waals surface area contributed by atoms with E-state index in [-0.39, 0.29) is 11.8 Å². The molecule has 148 valence electrons. The number of likely N-dealkylation sites (tertiary alicyclic amines) is 1. The molecule has 0 radical (unpaired) electrons. The average Bonchev–Trinajstić information content (AvgIpc) is 2.80. The van der Waals surface area contributed by atoms with E-state index < -0.39 is 11.7 Å². The van der Waals surface area contributed by atoms with Crippen LogP contribution < -0.4 is 0 Å². The molecule has 0 aliphatic carbocycles. The monoisotopic (exact) mass is 381 g/mol. The van der Waals surface area contributed by atoms with Gasteiger partial charge in [-0.15, -0.1) is 0 Å². The summed E-state index contributed by atoms with van der Waals surface area (Å²) in [5.41, 5.74) is 0.729. The van der Waals surface area contributed by atoms with E-state index in [1.165, 1.54) is 0 Å². The number of rotatable bonds is 4. The molecule has 2 aliphatic heterocycles. The van der Waals surface area contributed by atoms with Crippen molar-refractivity contribution in [3.63, 3.8) is 0 Å². The highest BCUT2D eigenvalue weighted by molar-refractivity contribution is 5.81. The van der Waals surface area contributed by atoms with Crippen LogP contribution in [0.5, 0.6) is 0 Å². The highest BCUT2D eigenvalue weighted by Crippen LogP contribution is 2.41. The predicted octanol–water partition coefficient (Wildman–Crippen LogP) is 2.58. The molecular formula is C23H27NO4. The minimum atomic E-state index is -1.07. The summed E-state index contributed by atoms with van der Waals surface area (Å²) in [6, 6.07) is 19.7. The highest BCUT2D eigenvalue weighted by atomic mass is 16.6. The number of piperidine rings is 1. The Labute approximate surface area is 165 Å². The molecule has 1 amide bonds. The lowest BCUT2D eigenvalue weighted by Crippen LogP contribution is -2.50. The highest BCUT2D eigenvalue weighted by Gasteiger charge is 2.42. The van der Waals surface area contributed by atoms with Crippen molar-refractivity contribution in [1.29, 1.82) is 0 Å². The molecule has 0 spiro atoms. The fourth-order valence-corrected chi connectivity index (χ4v) is 4.37. The van der Waals surface area contributed by atoms with E-state index in [1.807, 2.05) is 65.6 Å². The predicted molar refractivity (Wildman–Crippen MR) is 106 cm³/mol. The lowest BCUT2D eigenvalue weighted by molar-refractivity contribution is -0.160. The van der Waals surface area contributed by atoms with E-state index in [0.717, 1.165) is 24.0 Å². The molecule has 0 unspecified atom stereocenters. The molecule has 4 rings (SSSR count). The van der Waals surface area contributed by atoms with E-state index >= 15 is 0 Å². The van der Waals surface area contributed by atoms with Gasteiger partial charge in [0.2, 0.25) is 0 Å². The van der Waals surface area contributed by atoms with Crippen molar-refractivity contribution >= 4 is 5.91 Å². The molecule has 5 heteroatoms. The van der Waals surface area contributed by atoms with Gasteiger partial charge in [-0.05, 0) is 29.9 Å². The second kappa shape index (κ2) is 8.43. The molecule has 2 fully saturated rings. The summed E-state index contributed by atoms with van der Waals surface area (Å²) in [5.74, 6) is 0.0333. The first-order chi connectivity index (χ1) is 13.7. The number of carbonyl (C=O) groups is 1. The molecule has 1 atom stereocenters. The van der Waals surface area contributed by atoms with E-state index in [4.69, 9.17) is 9.47 Å². The molecule has 1 N–H and O–H groups in total. The fraction of sp³-hybridized carbons (Fsp3) is 0.435. The molecular weight excluding hydrogens is 354 g/mol. The summed E-state index contributed by atoms with van der Waals surface area (Å²) in [4.78, 5) is 14.6. The lowest BCUT2D eigenvalue weighted by Gasteiger charge is -2.43. The lowest BCUT2D eigenvalue weighted by atomic mass is 9.72. The summed E-state index contributed by atoms with van der Waals surface area (Å²) >= 11 is 0. The van der Waals surface area contributed by atoms with Crippen LogP contribution in [0.1, 0.15) is 24.0 Å². The molecule has 2 heterocycles. The summed E-state index contributed by atoms with van der Waals surface area (Å²) in [5, 5.41) is 11.9. The van der Waals surface area contributed by atoms with Crippen molar-refractivity contribution in [1.82, 2.24) is 4.90 Å².